The van der Waals surface area contributed by atoms with E-state index in [-0.39, 0.29) is 11.9 Å². The molecule has 5 rings (SSSR count). The van der Waals surface area contributed by atoms with Crippen LogP contribution in [0.2, 0.25) is 0 Å². The number of anilines is 1. The van der Waals surface area contributed by atoms with Gasteiger partial charge in [0.1, 0.15) is 0 Å². The molecule has 148 valence electrons. The first-order valence-electron chi connectivity index (χ1n) is 9.97. The molecule has 4 heterocycles. The summed E-state index contributed by atoms with van der Waals surface area (Å²) in [5, 5.41) is 7.75. The Balaban J connectivity index is 1.18. The Morgan fingerprint density at radius 3 is 2.75 bits per heavy atom. The Kier molecular flexibility index (Phi) is 5.00. The average Bonchev–Trinajstić information content (AvgIpc) is 3.46. The zero-order chi connectivity index (χ0) is 18.9. The number of nitrogens with zero attached hydrogens (tertiary/aromatic N) is 2. The number of imidazole rings is 1. The number of nitrogens with one attached hydrogen (secondary N) is 3. The number of aromatic nitrogens is 2. The van der Waals surface area contributed by atoms with Gasteiger partial charge in [0.15, 0.2) is 0 Å². The lowest BCUT2D eigenvalue weighted by Gasteiger charge is -2.26. The van der Waals surface area contributed by atoms with Crippen molar-refractivity contribution in [3.05, 3.63) is 36.0 Å². The molecule has 0 radical (unpaired) electrons. The van der Waals surface area contributed by atoms with Crippen molar-refractivity contribution in [2.75, 3.05) is 31.2 Å². The summed E-state index contributed by atoms with van der Waals surface area (Å²) >= 11 is 1.62. The lowest BCUT2D eigenvalue weighted by Crippen LogP contribution is -2.42. The van der Waals surface area contributed by atoms with Crippen molar-refractivity contribution in [3.8, 4) is 0 Å². The Hall–Kier alpha value is -2.03. The predicted molar refractivity (Wildman–Crippen MR) is 108 cm³/mol. The van der Waals surface area contributed by atoms with E-state index in [1.165, 1.54) is 12.8 Å². The largest absolute Gasteiger partial charge is 0.378 e. The van der Waals surface area contributed by atoms with E-state index in [0.29, 0.717) is 17.6 Å². The maximum absolute atomic E-state index is 12.5. The Morgan fingerprint density at radius 1 is 1.21 bits per heavy atom. The van der Waals surface area contributed by atoms with Gasteiger partial charge in [0.05, 0.1) is 24.4 Å². The Bertz CT molecular complexity index is 833. The van der Waals surface area contributed by atoms with Crippen molar-refractivity contribution in [2.45, 2.75) is 47.3 Å². The molecule has 0 saturated carbocycles. The maximum atomic E-state index is 12.5. The van der Waals surface area contributed by atoms with Gasteiger partial charge >= 0.3 is 0 Å². The molecule has 1 amide bonds. The lowest BCUT2D eigenvalue weighted by atomic mass is 9.95. The van der Waals surface area contributed by atoms with E-state index in [0.717, 1.165) is 48.6 Å². The molecule has 2 bridgehead atoms. The van der Waals surface area contributed by atoms with E-state index in [1.54, 1.807) is 11.8 Å². The Labute approximate surface area is 168 Å². The smallest absolute Gasteiger partial charge is 0.251 e. The van der Waals surface area contributed by atoms with Crippen LogP contribution in [0.4, 0.5) is 5.95 Å². The van der Waals surface area contributed by atoms with Crippen molar-refractivity contribution in [1.82, 2.24) is 20.6 Å². The van der Waals surface area contributed by atoms with Crippen molar-refractivity contribution in [2.24, 2.45) is 0 Å². The summed E-state index contributed by atoms with van der Waals surface area (Å²) in [5.41, 5.74) is 0.714. The summed E-state index contributed by atoms with van der Waals surface area (Å²) in [5.74, 6) is 0.910. The molecular weight excluding hydrogens is 374 g/mol. The quantitative estimate of drug-likeness (QED) is 0.714. The number of hydrogen-bond acceptors (Lipinski definition) is 6. The highest BCUT2D eigenvalue weighted by Crippen LogP contribution is 2.29. The third kappa shape index (κ3) is 3.76. The van der Waals surface area contributed by atoms with Crippen molar-refractivity contribution < 1.29 is 9.53 Å². The fourth-order valence-corrected chi connectivity index (χ4v) is 5.09. The average molecular weight is 400 g/mol. The summed E-state index contributed by atoms with van der Waals surface area (Å²) < 4.78 is 5.39. The normalized spacial score (nSPS) is 26.6. The van der Waals surface area contributed by atoms with Crippen LogP contribution in [-0.2, 0) is 4.74 Å². The highest BCUT2D eigenvalue weighted by Gasteiger charge is 2.39. The number of ether oxygens (including phenoxy) is 1. The van der Waals surface area contributed by atoms with Gasteiger partial charge in [-0.05, 0) is 43.5 Å². The van der Waals surface area contributed by atoms with Crippen LogP contribution in [0.1, 0.15) is 29.6 Å². The molecule has 8 heteroatoms. The number of amides is 1. The summed E-state index contributed by atoms with van der Waals surface area (Å²) in [6, 6.07) is 9.09. The second-order valence-electron chi connectivity index (χ2n) is 7.66. The number of fused-ring (bicyclic) bond motifs is 2. The number of rotatable bonds is 5. The summed E-state index contributed by atoms with van der Waals surface area (Å²) in [7, 11) is 0. The number of H-pyrrole nitrogens is 1. The topological polar surface area (TPSA) is 82.3 Å². The molecule has 3 atom stereocenters. The van der Waals surface area contributed by atoms with Crippen LogP contribution in [0.15, 0.2) is 40.4 Å². The highest BCUT2D eigenvalue weighted by atomic mass is 32.2. The van der Waals surface area contributed by atoms with Crippen LogP contribution in [0, 0.1) is 0 Å². The third-order valence-electron chi connectivity index (χ3n) is 5.81. The van der Waals surface area contributed by atoms with Crippen molar-refractivity contribution in [1.29, 1.82) is 0 Å². The molecule has 0 aliphatic carbocycles. The molecular formula is C20H25N5O2S. The molecule has 0 unspecified atom stereocenters. The maximum Gasteiger partial charge on any atom is 0.251 e. The molecule has 3 N–H and O–H groups in total. The summed E-state index contributed by atoms with van der Waals surface area (Å²) in [4.78, 5) is 23.7. The van der Waals surface area contributed by atoms with Gasteiger partial charge in [0.25, 0.3) is 5.91 Å². The zero-order valence-corrected chi connectivity index (χ0v) is 16.5. The van der Waals surface area contributed by atoms with Crippen LogP contribution in [0.3, 0.4) is 0 Å². The second kappa shape index (κ2) is 7.77. The zero-order valence-electron chi connectivity index (χ0n) is 15.7. The van der Waals surface area contributed by atoms with E-state index in [4.69, 9.17) is 4.74 Å². The molecule has 3 aliphatic heterocycles. The lowest BCUT2D eigenvalue weighted by molar-refractivity contribution is 0.0931. The van der Waals surface area contributed by atoms with Gasteiger partial charge in [0.2, 0.25) is 5.95 Å². The molecule has 3 fully saturated rings. The van der Waals surface area contributed by atoms with Crippen LogP contribution in [0.5, 0.6) is 0 Å². The van der Waals surface area contributed by atoms with E-state index in [2.05, 4.69) is 25.5 Å². The van der Waals surface area contributed by atoms with Gasteiger partial charge < -0.3 is 25.3 Å². The van der Waals surface area contributed by atoms with Crippen LogP contribution >= 0.6 is 11.8 Å². The third-order valence-corrected chi connectivity index (χ3v) is 6.75. The van der Waals surface area contributed by atoms with E-state index in [1.807, 2.05) is 30.5 Å². The van der Waals surface area contributed by atoms with E-state index < -0.39 is 0 Å². The van der Waals surface area contributed by atoms with Gasteiger partial charge in [-0.1, -0.05) is 11.8 Å². The first kappa shape index (κ1) is 18.0. The van der Waals surface area contributed by atoms with Gasteiger partial charge in [-0.3, -0.25) is 4.79 Å². The summed E-state index contributed by atoms with van der Waals surface area (Å²) in [6.07, 6.45) is 5.32. The number of hydrogen-bond donors (Lipinski definition) is 3. The van der Waals surface area contributed by atoms with Crippen molar-refractivity contribution >= 4 is 23.6 Å². The Morgan fingerprint density at radius 2 is 2.04 bits per heavy atom. The standard InChI is InChI=1S/C20H25N5O2S/c26-19(23-17-11-14-3-6-16(17)22-14)13-1-4-15(5-2-13)28-18-12-21-20(24-18)25-7-9-27-10-8-25/h1-2,4-5,12,14,16-17,22H,3,6-11H2,(H,21,24)(H,23,26)/t14-,16+,17-/m1/s1. The van der Waals surface area contributed by atoms with Crippen LogP contribution < -0.4 is 15.5 Å². The van der Waals surface area contributed by atoms with Gasteiger partial charge in [0, 0.05) is 41.7 Å². The number of aromatic amines is 1. The summed E-state index contributed by atoms with van der Waals surface area (Å²) in [6.45, 7) is 3.20. The molecule has 7 nitrogen and oxygen atoms in total. The SMILES string of the molecule is O=C(N[C@@H]1C[C@H]2CC[C@@H]1N2)c1ccc(Sc2cnc(N3CCOCC3)[nH]2)cc1. The minimum absolute atomic E-state index is 0.0204. The second-order valence-corrected chi connectivity index (χ2v) is 8.78. The van der Waals surface area contributed by atoms with Crippen LogP contribution in [-0.4, -0.2) is 60.3 Å². The monoisotopic (exact) mass is 399 g/mol. The van der Waals surface area contributed by atoms with E-state index in [9.17, 15) is 4.79 Å². The molecule has 3 saturated heterocycles. The number of carbonyl (C=O) groups is 1. The number of morpholine rings is 1. The molecule has 2 aromatic rings. The fourth-order valence-electron chi connectivity index (χ4n) is 4.32. The number of carbonyl (C=O) groups excluding carboxylic acids is 1. The fraction of sp³-hybridized carbons (Fsp3) is 0.500. The molecule has 3 aliphatic rings. The predicted octanol–water partition coefficient (Wildman–Crippen LogP) is 2.02. The molecule has 28 heavy (non-hydrogen) atoms. The molecule has 0 spiro atoms. The minimum atomic E-state index is 0.0204. The van der Waals surface area contributed by atoms with Crippen LogP contribution in [0.25, 0.3) is 0 Å². The highest BCUT2D eigenvalue weighted by molar-refractivity contribution is 7.99. The van der Waals surface area contributed by atoms with Gasteiger partial charge in [-0.15, -0.1) is 0 Å². The van der Waals surface area contributed by atoms with Gasteiger partial charge in [-0.25, -0.2) is 4.98 Å². The van der Waals surface area contributed by atoms with E-state index >= 15 is 0 Å². The van der Waals surface area contributed by atoms with Crippen molar-refractivity contribution in [3.63, 3.8) is 0 Å². The molecule has 1 aromatic heterocycles. The minimum Gasteiger partial charge on any atom is -0.378 e. The number of benzene rings is 1. The molecule has 1 aromatic carbocycles. The first-order valence-corrected chi connectivity index (χ1v) is 10.8. The van der Waals surface area contributed by atoms with Gasteiger partial charge in [-0.2, -0.15) is 0 Å². The first-order chi connectivity index (χ1) is 13.7.